The zero-order chi connectivity index (χ0) is 14.8. The summed E-state index contributed by atoms with van der Waals surface area (Å²) in [5, 5.41) is 11.9. The maximum atomic E-state index is 12.2. The third-order valence-corrected chi connectivity index (χ3v) is 4.34. The van der Waals surface area contributed by atoms with Gasteiger partial charge in [0.25, 0.3) is 0 Å². The highest BCUT2D eigenvalue weighted by atomic mass is 32.1. The fourth-order valence-corrected chi connectivity index (χ4v) is 3.04. The summed E-state index contributed by atoms with van der Waals surface area (Å²) in [7, 11) is 0. The minimum atomic E-state index is -0.0770. The molecule has 1 aromatic heterocycles. The molecule has 1 amide bonds. The topological polar surface area (TPSA) is 80.9 Å². The summed E-state index contributed by atoms with van der Waals surface area (Å²) in [4.78, 5) is 12.2. The van der Waals surface area contributed by atoms with Crippen molar-refractivity contribution >= 4 is 27.9 Å². The van der Waals surface area contributed by atoms with E-state index in [1.54, 1.807) is 0 Å². The fraction of sp³-hybridized carbons (Fsp3) is 0.267. The van der Waals surface area contributed by atoms with Crippen LogP contribution in [0.1, 0.15) is 17.5 Å². The van der Waals surface area contributed by atoms with Crippen molar-refractivity contribution in [2.75, 3.05) is 12.3 Å². The minimum absolute atomic E-state index is 0.0591. The minimum Gasteiger partial charge on any atom is -0.374 e. The number of benzene rings is 1. The smallest absolute Gasteiger partial charge is 0.231 e. The van der Waals surface area contributed by atoms with Gasteiger partial charge in [-0.2, -0.15) is 0 Å². The van der Waals surface area contributed by atoms with Gasteiger partial charge < -0.3 is 11.1 Å². The maximum Gasteiger partial charge on any atom is 0.231 e. The molecule has 6 heteroatoms. The van der Waals surface area contributed by atoms with Gasteiger partial charge in [-0.1, -0.05) is 47.2 Å². The van der Waals surface area contributed by atoms with Crippen molar-refractivity contribution in [3.8, 4) is 0 Å². The van der Waals surface area contributed by atoms with Gasteiger partial charge in [0.05, 0.1) is 5.92 Å². The van der Waals surface area contributed by atoms with Gasteiger partial charge in [0.1, 0.15) is 5.01 Å². The molecule has 0 radical (unpaired) electrons. The first-order chi connectivity index (χ1) is 10.2. The molecule has 0 saturated carbocycles. The molecular formula is C15H16N4OS. The molecule has 0 saturated heterocycles. The number of nitrogens with zero attached hydrogens (tertiary/aromatic N) is 2. The average molecular weight is 300 g/mol. The molecule has 0 bridgehead atoms. The van der Waals surface area contributed by atoms with Gasteiger partial charge in [-0.05, 0) is 18.1 Å². The van der Waals surface area contributed by atoms with Crippen LogP contribution in [-0.2, 0) is 11.2 Å². The summed E-state index contributed by atoms with van der Waals surface area (Å²) < 4.78 is 0. The third-order valence-electron chi connectivity index (χ3n) is 3.53. The van der Waals surface area contributed by atoms with Gasteiger partial charge in [-0.25, -0.2) is 0 Å². The molecule has 0 fully saturated rings. The van der Waals surface area contributed by atoms with Crippen LogP contribution in [0.2, 0.25) is 0 Å². The highest BCUT2D eigenvalue weighted by Crippen LogP contribution is 2.46. The van der Waals surface area contributed by atoms with Crippen molar-refractivity contribution in [3.05, 3.63) is 46.5 Å². The first kappa shape index (κ1) is 13.8. The van der Waals surface area contributed by atoms with Crippen molar-refractivity contribution in [2.45, 2.75) is 13.3 Å². The van der Waals surface area contributed by atoms with Crippen LogP contribution in [0.3, 0.4) is 0 Å². The van der Waals surface area contributed by atoms with E-state index in [-0.39, 0.29) is 11.8 Å². The van der Waals surface area contributed by atoms with Crippen LogP contribution in [0.5, 0.6) is 0 Å². The van der Waals surface area contributed by atoms with E-state index < -0.39 is 0 Å². The van der Waals surface area contributed by atoms with E-state index in [1.165, 1.54) is 11.3 Å². The second kappa shape index (κ2) is 5.65. The average Bonchev–Trinajstić information content (AvgIpc) is 2.99. The summed E-state index contributed by atoms with van der Waals surface area (Å²) in [5.74, 6) is -0.0178. The van der Waals surface area contributed by atoms with E-state index in [0.717, 1.165) is 21.7 Å². The summed E-state index contributed by atoms with van der Waals surface area (Å²) in [6.45, 7) is 2.57. The third kappa shape index (κ3) is 2.95. The van der Waals surface area contributed by atoms with Gasteiger partial charge in [0.2, 0.25) is 11.0 Å². The lowest BCUT2D eigenvalue weighted by atomic mass is 10.1. The fourth-order valence-electron chi connectivity index (χ4n) is 2.43. The Labute approximate surface area is 126 Å². The molecular weight excluding hydrogens is 284 g/mol. The number of carbonyl (C=O) groups is 1. The lowest BCUT2D eigenvalue weighted by Crippen LogP contribution is -2.28. The number of nitrogens with one attached hydrogen (secondary N) is 1. The Morgan fingerprint density at radius 3 is 2.76 bits per heavy atom. The van der Waals surface area contributed by atoms with Gasteiger partial charge in [0, 0.05) is 13.0 Å². The lowest BCUT2D eigenvalue weighted by molar-refractivity contribution is -0.121. The second-order valence-corrected chi connectivity index (χ2v) is 6.06. The molecule has 21 heavy (non-hydrogen) atoms. The molecule has 2 aromatic rings. The Morgan fingerprint density at radius 2 is 2.10 bits per heavy atom. The van der Waals surface area contributed by atoms with Crippen molar-refractivity contribution < 1.29 is 4.79 Å². The number of nitrogen functional groups attached to an aromatic ring is 1. The zero-order valence-electron chi connectivity index (χ0n) is 11.7. The van der Waals surface area contributed by atoms with Crippen LogP contribution >= 0.6 is 11.3 Å². The monoisotopic (exact) mass is 300 g/mol. The Balaban J connectivity index is 1.51. The maximum absolute atomic E-state index is 12.2. The Kier molecular flexibility index (Phi) is 3.70. The highest BCUT2D eigenvalue weighted by molar-refractivity contribution is 7.15. The van der Waals surface area contributed by atoms with Crippen LogP contribution in [-0.4, -0.2) is 22.6 Å². The SMILES string of the molecule is CC1=C(c2ccccc2)[C@H]1C(=O)NCCc1nnc(N)s1. The molecule has 5 nitrogen and oxygen atoms in total. The normalized spacial score (nSPS) is 16.9. The van der Waals surface area contributed by atoms with Crippen LogP contribution in [0.15, 0.2) is 35.9 Å². The van der Waals surface area contributed by atoms with E-state index in [2.05, 4.69) is 15.5 Å². The first-order valence-electron chi connectivity index (χ1n) is 6.78. The summed E-state index contributed by atoms with van der Waals surface area (Å²) in [6, 6.07) is 10.0. The lowest BCUT2D eigenvalue weighted by Gasteiger charge is -2.04. The van der Waals surface area contributed by atoms with Gasteiger partial charge >= 0.3 is 0 Å². The molecule has 1 aromatic carbocycles. The van der Waals surface area contributed by atoms with Crippen molar-refractivity contribution in [3.63, 3.8) is 0 Å². The van der Waals surface area contributed by atoms with Crippen LogP contribution in [0.4, 0.5) is 5.13 Å². The molecule has 108 valence electrons. The van der Waals surface area contributed by atoms with Crippen molar-refractivity contribution in [1.82, 2.24) is 15.5 Å². The molecule has 1 aliphatic carbocycles. The van der Waals surface area contributed by atoms with Gasteiger partial charge in [0.15, 0.2) is 0 Å². The summed E-state index contributed by atoms with van der Waals surface area (Å²) in [5.41, 5.74) is 8.95. The number of amides is 1. The second-order valence-electron chi connectivity index (χ2n) is 4.97. The Hall–Kier alpha value is -2.21. The largest absolute Gasteiger partial charge is 0.374 e. The predicted octanol–water partition coefficient (Wildman–Crippen LogP) is 1.88. The number of aromatic nitrogens is 2. The number of nitrogens with two attached hydrogens (primary N) is 1. The van der Waals surface area contributed by atoms with Crippen LogP contribution in [0, 0.1) is 5.92 Å². The predicted molar refractivity (Wildman–Crippen MR) is 83.6 cm³/mol. The number of hydrogen-bond acceptors (Lipinski definition) is 5. The summed E-state index contributed by atoms with van der Waals surface area (Å²) >= 11 is 1.36. The van der Waals surface area contributed by atoms with E-state index in [4.69, 9.17) is 5.73 Å². The molecule has 0 aliphatic heterocycles. The van der Waals surface area contributed by atoms with E-state index in [0.29, 0.717) is 18.1 Å². The molecule has 3 N–H and O–H groups in total. The van der Waals surface area contributed by atoms with E-state index in [9.17, 15) is 4.79 Å². The van der Waals surface area contributed by atoms with Crippen LogP contribution < -0.4 is 11.1 Å². The summed E-state index contributed by atoms with van der Waals surface area (Å²) in [6.07, 6.45) is 0.660. The first-order valence-corrected chi connectivity index (χ1v) is 7.60. The van der Waals surface area contributed by atoms with Crippen molar-refractivity contribution in [2.24, 2.45) is 5.92 Å². The molecule has 0 unspecified atom stereocenters. The van der Waals surface area contributed by atoms with Gasteiger partial charge in [-0.3, -0.25) is 4.79 Å². The molecule has 0 spiro atoms. The zero-order valence-corrected chi connectivity index (χ0v) is 12.5. The molecule has 1 aliphatic rings. The van der Waals surface area contributed by atoms with E-state index in [1.807, 2.05) is 37.3 Å². The molecule has 3 rings (SSSR count). The number of anilines is 1. The Bertz CT molecular complexity index is 693. The molecule has 1 heterocycles. The number of rotatable bonds is 5. The Morgan fingerprint density at radius 1 is 1.33 bits per heavy atom. The number of carbonyl (C=O) groups excluding carboxylic acids is 1. The van der Waals surface area contributed by atoms with Gasteiger partial charge in [-0.15, -0.1) is 10.2 Å². The van der Waals surface area contributed by atoms with Crippen molar-refractivity contribution in [1.29, 1.82) is 0 Å². The molecule has 1 atom stereocenters. The number of hydrogen-bond donors (Lipinski definition) is 2. The van der Waals surface area contributed by atoms with Crippen LogP contribution in [0.25, 0.3) is 5.57 Å². The highest BCUT2D eigenvalue weighted by Gasteiger charge is 2.39. The standard InChI is InChI=1S/C15H16N4OS/c1-9-12(10-5-3-2-4-6-10)13(9)14(20)17-8-7-11-18-19-15(16)21-11/h2-6,13H,7-8H2,1H3,(H2,16,19)(H,17,20)/t13-/m0/s1. The quantitative estimate of drug-likeness (QED) is 0.883. The van der Waals surface area contributed by atoms with E-state index >= 15 is 0 Å².